The van der Waals surface area contributed by atoms with Gasteiger partial charge in [-0.05, 0) is 56.9 Å². The Labute approximate surface area is 229 Å². The van der Waals surface area contributed by atoms with Crippen molar-refractivity contribution >= 4 is 43.3 Å². The van der Waals surface area contributed by atoms with Crippen molar-refractivity contribution in [3.8, 4) is 0 Å². The molecular formula is C27H35N2O8S2+. The first-order valence-electron chi connectivity index (χ1n) is 12.6. The van der Waals surface area contributed by atoms with Crippen molar-refractivity contribution < 1.29 is 40.0 Å². The summed E-state index contributed by atoms with van der Waals surface area (Å²) in [4.78, 5) is 10.9. The molecule has 0 aliphatic carbocycles. The molecule has 1 aliphatic rings. The predicted molar refractivity (Wildman–Crippen MR) is 149 cm³/mol. The molecule has 0 aromatic heterocycles. The number of carbonyl (C=O) groups is 1. The van der Waals surface area contributed by atoms with Gasteiger partial charge < -0.3 is 10.4 Å². The Bertz CT molecular complexity index is 1450. The number of hydrogen-bond acceptors (Lipinski definition) is 7. The topological polar surface area (TPSA) is 150 Å². The van der Waals surface area contributed by atoms with E-state index in [2.05, 4.69) is 9.89 Å². The van der Waals surface area contributed by atoms with E-state index >= 15 is 0 Å². The summed E-state index contributed by atoms with van der Waals surface area (Å²) in [7, 11) is -7.08. The number of fused-ring (bicyclic) bond motifs is 1. The highest BCUT2D eigenvalue weighted by Crippen LogP contribution is 2.44. The highest BCUT2D eigenvalue weighted by atomic mass is 32.2. The molecule has 1 heterocycles. The lowest BCUT2D eigenvalue weighted by Crippen LogP contribution is -2.32. The fourth-order valence-corrected chi connectivity index (χ4v) is 6.07. The average molecular weight is 580 g/mol. The Morgan fingerprint density at radius 3 is 2.41 bits per heavy atom. The Hall–Kier alpha value is -3.06. The van der Waals surface area contributed by atoms with E-state index in [1.807, 2.05) is 43.3 Å². The molecule has 2 aromatic carbocycles. The molecule has 39 heavy (non-hydrogen) atoms. The minimum atomic E-state index is -4.18. The summed E-state index contributed by atoms with van der Waals surface area (Å²) in [6, 6.07) is 14.3. The fraction of sp³-hybridized carbons (Fsp3) is 0.407. The Kier molecular flexibility index (Phi) is 10.1. The van der Waals surface area contributed by atoms with Crippen molar-refractivity contribution in [2.24, 2.45) is 0 Å². The van der Waals surface area contributed by atoms with E-state index in [9.17, 15) is 26.2 Å². The van der Waals surface area contributed by atoms with Crippen LogP contribution in [0.4, 0.5) is 11.4 Å². The molecule has 0 saturated carbocycles. The van der Waals surface area contributed by atoms with Gasteiger partial charge in [0.2, 0.25) is 5.69 Å². The van der Waals surface area contributed by atoms with Crippen LogP contribution in [0.5, 0.6) is 0 Å². The molecule has 1 aliphatic heterocycles. The summed E-state index contributed by atoms with van der Waals surface area (Å²) in [6.45, 7) is 2.47. The second-order valence-corrected chi connectivity index (χ2v) is 12.9. The molecule has 0 saturated heterocycles. The molecule has 2 aromatic rings. The van der Waals surface area contributed by atoms with Crippen molar-refractivity contribution in [3.63, 3.8) is 0 Å². The van der Waals surface area contributed by atoms with E-state index < -0.39 is 37.4 Å². The van der Waals surface area contributed by atoms with Gasteiger partial charge in [-0.3, -0.25) is 13.5 Å². The standard InChI is InChI=1S/C27H34N2O8S2/c1-27(16-9-19-38(32,33)34)23-20-22(39(35,36)37-2)13-14-24(23)29(18-8-4-7-12-26(30)31)25(27)15-17-28-21-10-5-3-6-11-21/h3,5-6,10-11,13-15,17,20H,4,7-9,12,16,18-19H2,1-2H3,(H2,30,31,32,33,34)/p+1. The van der Waals surface area contributed by atoms with Gasteiger partial charge >= 0.3 is 5.97 Å². The van der Waals surface area contributed by atoms with Gasteiger partial charge in [-0.25, -0.2) is 0 Å². The number of nitrogens with zero attached hydrogens (tertiary/aromatic N) is 1. The molecule has 3 rings (SSSR count). The molecular weight excluding hydrogens is 544 g/mol. The Balaban J connectivity index is 2.06. The summed E-state index contributed by atoms with van der Waals surface area (Å²) in [5, 5.41) is 12.2. The number of benzene rings is 2. The largest absolute Gasteiger partial charge is 0.481 e. The van der Waals surface area contributed by atoms with Gasteiger partial charge in [0.15, 0.2) is 5.71 Å². The maximum atomic E-state index is 12.5. The maximum Gasteiger partial charge on any atom is 0.303 e. The van der Waals surface area contributed by atoms with Crippen molar-refractivity contribution in [3.05, 3.63) is 66.4 Å². The molecule has 3 N–H and O–H groups in total. The summed E-state index contributed by atoms with van der Waals surface area (Å²) in [5.74, 6) is -1.27. The normalized spacial score (nSPS) is 17.5. The predicted octanol–water partition coefficient (Wildman–Crippen LogP) is 4.32. The molecule has 0 bridgehead atoms. The number of unbranched alkanes of at least 4 members (excludes halogenated alkanes) is 2. The SMILES string of the molecule is COS(=O)(=O)c1ccc2c(c1)C(C)(CCCS(=O)(=O)O)C(/C=C/Nc1ccccc1)=[N+]2CCCCCC(=O)O. The lowest BCUT2D eigenvalue weighted by atomic mass is 9.76. The first-order valence-corrected chi connectivity index (χ1v) is 15.6. The first-order chi connectivity index (χ1) is 18.4. The third kappa shape index (κ3) is 7.98. The van der Waals surface area contributed by atoms with Gasteiger partial charge in [0.25, 0.3) is 20.2 Å². The fourth-order valence-electron chi connectivity index (χ4n) is 4.87. The van der Waals surface area contributed by atoms with Crippen LogP contribution >= 0.6 is 0 Å². The third-order valence-corrected chi connectivity index (χ3v) is 8.91. The Morgan fingerprint density at radius 2 is 1.77 bits per heavy atom. The summed E-state index contributed by atoms with van der Waals surface area (Å²) in [5.41, 5.74) is 2.36. The van der Waals surface area contributed by atoms with Crippen LogP contribution in [0.3, 0.4) is 0 Å². The van der Waals surface area contributed by atoms with Gasteiger partial charge in [-0.1, -0.05) is 18.2 Å². The zero-order valence-corrected chi connectivity index (χ0v) is 23.7. The van der Waals surface area contributed by atoms with Gasteiger partial charge in [0.05, 0.1) is 23.2 Å². The van der Waals surface area contributed by atoms with Crippen LogP contribution in [-0.2, 0) is 34.6 Å². The number of carboxylic acids is 1. The van der Waals surface area contributed by atoms with E-state index in [1.54, 1.807) is 18.3 Å². The number of aliphatic carboxylic acids is 1. The van der Waals surface area contributed by atoms with Crippen LogP contribution in [-0.4, -0.2) is 62.2 Å². The molecule has 1 unspecified atom stereocenters. The van der Waals surface area contributed by atoms with E-state index in [0.29, 0.717) is 37.8 Å². The van der Waals surface area contributed by atoms with Crippen LogP contribution in [0.2, 0.25) is 0 Å². The van der Waals surface area contributed by atoms with Crippen molar-refractivity contribution in [2.45, 2.75) is 55.8 Å². The van der Waals surface area contributed by atoms with Gasteiger partial charge in [0.1, 0.15) is 6.54 Å². The summed E-state index contributed by atoms with van der Waals surface area (Å²) < 4.78 is 64.1. The zero-order chi connectivity index (χ0) is 28.7. The van der Waals surface area contributed by atoms with E-state index in [1.165, 1.54) is 6.07 Å². The monoisotopic (exact) mass is 579 g/mol. The van der Waals surface area contributed by atoms with Crippen molar-refractivity contribution in [2.75, 3.05) is 24.7 Å². The van der Waals surface area contributed by atoms with E-state index in [0.717, 1.165) is 24.2 Å². The molecule has 10 nitrogen and oxygen atoms in total. The third-order valence-electron chi connectivity index (χ3n) is 6.83. The maximum absolute atomic E-state index is 12.5. The van der Waals surface area contributed by atoms with Crippen molar-refractivity contribution in [1.29, 1.82) is 0 Å². The molecule has 1 atom stereocenters. The van der Waals surface area contributed by atoms with E-state index in [-0.39, 0.29) is 17.7 Å². The lowest BCUT2D eigenvalue weighted by Gasteiger charge is -2.22. The second kappa shape index (κ2) is 12.9. The first kappa shape index (κ1) is 30.5. The number of rotatable bonds is 15. The zero-order valence-electron chi connectivity index (χ0n) is 22.0. The minimum Gasteiger partial charge on any atom is -0.481 e. The molecule has 212 valence electrons. The smallest absolute Gasteiger partial charge is 0.303 e. The number of hydrogen-bond donors (Lipinski definition) is 3. The quantitative estimate of drug-likeness (QED) is 0.121. The number of nitrogens with one attached hydrogen (secondary N) is 1. The van der Waals surface area contributed by atoms with Gasteiger partial charge in [-0.15, -0.1) is 0 Å². The van der Waals surface area contributed by atoms with Gasteiger partial charge in [-0.2, -0.15) is 21.4 Å². The lowest BCUT2D eigenvalue weighted by molar-refractivity contribution is -0.438. The van der Waals surface area contributed by atoms with E-state index in [4.69, 9.17) is 9.29 Å². The van der Waals surface area contributed by atoms with Crippen LogP contribution in [0.1, 0.15) is 51.0 Å². The van der Waals surface area contributed by atoms with Gasteiger partial charge in [0, 0.05) is 42.4 Å². The summed E-state index contributed by atoms with van der Waals surface area (Å²) in [6.07, 6.45) is 6.13. The Morgan fingerprint density at radius 1 is 1.05 bits per heavy atom. The number of anilines is 1. The minimum absolute atomic E-state index is 0.0150. The average Bonchev–Trinajstić information content (AvgIpc) is 3.10. The number of para-hydroxylation sites is 1. The highest BCUT2D eigenvalue weighted by Gasteiger charge is 2.48. The van der Waals surface area contributed by atoms with Crippen LogP contribution in [0, 0.1) is 0 Å². The van der Waals surface area contributed by atoms with Crippen LogP contribution in [0.15, 0.2) is 65.7 Å². The number of allylic oxidation sites excluding steroid dienone is 1. The molecule has 0 radical (unpaired) electrons. The second-order valence-electron chi connectivity index (χ2n) is 9.61. The van der Waals surface area contributed by atoms with Crippen molar-refractivity contribution in [1.82, 2.24) is 0 Å². The highest BCUT2D eigenvalue weighted by molar-refractivity contribution is 7.86. The molecule has 0 amide bonds. The summed E-state index contributed by atoms with van der Waals surface area (Å²) >= 11 is 0. The molecule has 0 fully saturated rings. The number of carboxylic acid groups (broad SMARTS) is 1. The molecule has 12 heteroatoms. The van der Waals surface area contributed by atoms with Crippen LogP contribution in [0.25, 0.3) is 0 Å². The van der Waals surface area contributed by atoms with Crippen LogP contribution < -0.4 is 5.32 Å². The molecule has 0 spiro atoms.